The first-order chi connectivity index (χ1) is 13.7. The number of rotatable bonds is 8. The first-order valence-electron chi connectivity index (χ1n) is 9.13. The van der Waals surface area contributed by atoms with Crippen LogP contribution in [0.5, 0.6) is 0 Å². The molecule has 2 aliphatic rings. The maximum Gasteiger partial charge on any atom is 0.323 e. The second kappa shape index (κ2) is 8.57. The predicted octanol–water partition coefficient (Wildman–Crippen LogP) is -0.539. The number of ether oxygens (including phenoxy) is 1. The molecule has 1 aromatic carbocycles. The van der Waals surface area contributed by atoms with Crippen LogP contribution in [-0.2, 0) is 26.1 Å². The Morgan fingerprint density at radius 3 is 2.45 bits per heavy atom. The number of amides is 2. The fraction of sp³-hybridized carbons (Fsp3) is 0.500. The van der Waals surface area contributed by atoms with Gasteiger partial charge in [-0.2, -0.15) is 4.31 Å². The zero-order chi connectivity index (χ0) is 21.2. The van der Waals surface area contributed by atoms with Gasteiger partial charge in [0.2, 0.25) is 10.0 Å². The normalized spacial score (nSPS) is 17.8. The van der Waals surface area contributed by atoms with Crippen molar-refractivity contribution in [2.75, 3.05) is 52.2 Å². The van der Waals surface area contributed by atoms with Gasteiger partial charge in [-0.3, -0.25) is 24.2 Å². The molecule has 2 heterocycles. The zero-order valence-corrected chi connectivity index (χ0v) is 16.9. The Labute approximate surface area is 168 Å². The molecular weight excluding hydrogens is 402 g/mol. The van der Waals surface area contributed by atoms with Crippen LogP contribution in [0.2, 0.25) is 0 Å². The van der Waals surface area contributed by atoms with Crippen LogP contribution in [0.25, 0.3) is 0 Å². The Bertz CT molecular complexity index is 925. The van der Waals surface area contributed by atoms with E-state index in [1.54, 1.807) is 6.07 Å². The quantitative estimate of drug-likeness (QED) is 0.551. The molecule has 0 atom stereocenters. The molecule has 0 saturated carbocycles. The summed E-state index contributed by atoms with van der Waals surface area (Å²) in [5.41, 5.74) is 0.768. The Morgan fingerprint density at radius 1 is 1.17 bits per heavy atom. The molecule has 10 nitrogen and oxygen atoms in total. The highest BCUT2D eigenvalue weighted by molar-refractivity contribution is 7.88. The van der Waals surface area contributed by atoms with Crippen molar-refractivity contribution in [2.24, 2.45) is 0 Å². The van der Waals surface area contributed by atoms with Gasteiger partial charge in [0.15, 0.2) is 0 Å². The minimum Gasteiger partial charge on any atom is -0.480 e. The summed E-state index contributed by atoms with van der Waals surface area (Å²) in [5.74, 6) is -2.63. The van der Waals surface area contributed by atoms with E-state index in [1.165, 1.54) is 16.4 Å². The zero-order valence-electron chi connectivity index (χ0n) is 16.0. The summed E-state index contributed by atoms with van der Waals surface area (Å²) in [6, 6.07) is 4.49. The lowest BCUT2D eigenvalue weighted by atomic mass is 10.1. The third-order valence-electron chi connectivity index (χ3n) is 4.93. The van der Waals surface area contributed by atoms with Crippen LogP contribution < -0.4 is 0 Å². The van der Waals surface area contributed by atoms with Gasteiger partial charge in [0, 0.05) is 32.7 Å². The van der Waals surface area contributed by atoms with Gasteiger partial charge in [0.05, 0.1) is 30.6 Å². The van der Waals surface area contributed by atoms with E-state index in [2.05, 4.69) is 4.90 Å². The Hall–Kier alpha value is -2.34. The maximum absolute atomic E-state index is 12.4. The topological polar surface area (TPSA) is 125 Å². The summed E-state index contributed by atoms with van der Waals surface area (Å²) in [5, 5.41) is 8.89. The average molecular weight is 425 g/mol. The van der Waals surface area contributed by atoms with Crippen LogP contribution in [0.1, 0.15) is 26.3 Å². The standard InChI is InChI=1S/C18H23N3O7S/c1-29(26,27)20(5-4-19-6-8-28-9-7-19)11-13-2-3-14-15(10-13)18(25)21(17(14)24)12-16(22)23/h2-3,10H,4-9,11-12H2,1H3,(H,22,23). The lowest BCUT2D eigenvalue weighted by Crippen LogP contribution is -2.42. The SMILES string of the molecule is CS(=O)(=O)N(CCN1CCOCC1)Cc1ccc2c(c1)C(=O)N(CC(=O)O)C2=O. The number of fused-ring (bicyclic) bond motifs is 1. The maximum atomic E-state index is 12.4. The van der Waals surface area contributed by atoms with E-state index in [0.29, 0.717) is 30.2 Å². The fourth-order valence-electron chi connectivity index (χ4n) is 3.36. The highest BCUT2D eigenvalue weighted by Crippen LogP contribution is 2.24. The summed E-state index contributed by atoms with van der Waals surface area (Å²) in [4.78, 5) is 38.3. The van der Waals surface area contributed by atoms with Gasteiger partial charge in [-0.15, -0.1) is 0 Å². The molecule has 0 aromatic heterocycles. The summed E-state index contributed by atoms with van der Waals surface area (Å²) in [6.45, 7) is 2.91. The van der Waals surface area contributed by atoms with Gasteiger partial charge in [0.25, 0.3) is 11.8 Å². The minimum absolute atomic E-state index is 0.0524. The monoisotopic (exact) mass is 425 g/mol. The molecule has 11 heteroatoms. The lowest BCUT2D eigenvalue weighted by Gasteiger charge is -2.29. The smallest absolute Gasteiger partial charge is 0.323 e. The Morgan fingerprint density at radius 2 is 1.83 bits per heavy atom. The van der Waals surface area contributed by atoms with Gasteiger partial charge < -0.3 is 9.84 Å². The molecule has 0 spiro atoms. The molecular formula is C18H23N3O7S. The molecule has 1 fully saturated rings. The number of hydrogen-bond acceptors (Lipinski definition) is 7. The molecule has 2 aliphatic heterocycles. The molecule has 2 amide bonds. The van der Waals surface area contributed by atoms with Gasteiger partial charge in [-0.1, -0.05) is 6.07 Å². The number of hydrogen-bond donors (Lipinski definition) is 1. The summed E-state index contributed by atoms with van der Waals surface area (Å²) >= 11 is 0. The van der Waals surface area contributed by atoms with E-state index < -0.39 is 34.4 Å². The second-order valence-electron chi connectivity index (χ2n) is 7.02. The van der Waals surface area contributed by atoms with E-state index in [0.717, 1.165) is 19.3 Å². The van der Waals surface area contributed by atoms with Crippen LogP contribution in [0.4, 0.5) is 0 Å². The fourth-order valence-corrected chi connectivity index (χ4v) is 4.16. The minimum atomic E-state index is -3.49. The van der Waals surface area contributed by atoms with E-state index in [9.17, 15) is 22.8 Å². The van der Waals surface area contributed by atoms with Gasteiger partial charge in [-0.05, 0) is 17.7 Å². The molecule has 0 bridgehead atoms. The van der Waals surface area contributed by atoms with Gasteiger partial charge >= 0.3 is 5.97 Å². The molecule has 0 aliphatic carbocycles. The summed E-state index contributed by atoms with van der Waals surface area (Å²) in [7, 11) is -3.49. The van der Waals surface area contributed by atoms with Crippen molar-refractivity contribution < 1.29 is 32.6 Å². The highest BCUT2D eigenvalue weighted by Gasteiger charge is 2.37. The first kappa shape index (κ1) is 21.4. The molecule has 1 N–H and O–H groups in total. The third-order valence-corrected chi connectivity index (χ3v) is 6.18. The predicted molar refractivity (Wildman–Crippen MR) is 102 cm³/mol. The molecule has 158 valence electrons. The third kappa shape index (κ3) is 4.99. The van der Waals surface area contributed by atoms with E-state index in [4.69, 9.17) is 9.84 Å². The molecule has 0 unspecified atom stereocenters. The summed E-state index contributed by atoms with van der Waals surface area (Å²) in [6.07, 6.45) is 1.13. The first-order valence-corrected chi connectivity index (χ1v) is 11.0. The number of morpholine rings is 1. The number of benzene rings is 1. The van der Waals surface area contributed by atoms with Gasteiger partial charge in [0.1, 0.15) is 6.54 Å². The number of carbonyl (C=O) groups excluding carboxylic acids is 2. The van der Waals surface area contributed by atoms with Crippen molar-refractivity contribution in [1.82, 2.24) is 14.1 Å². The number of imide groups is 1. The number of nitrogens with zero attached hydrogens (tertiary/aromatic N) is 3. The number of carbonyl (C=O) groups is 3. The number of carboxylic acids is 1. The Kier molecular flexibility index (Phi) is 6.32. The van der Waals surface area contributed by atoms with Crippen LogP contribution in [0, 0.1) is 0 Å². The van der Waals surface area contributed by atoms with E-state index in [1.807, 2.05) is 0 Å². The number of aliphatic carboxylic acids is 1. The van der Waals surface area contributed by atoms with Crippen LogP contribution in [0.15, 0.2) is 18.2 Å². The molecule has 1 saturated heterocycles. The molecule has 0 radical (unpaired) electrons. The van der Waals surface area contributed by atoms with Crippen molar-refractivity contribution in [3.63, 3.8) is 0 Å². The molecule has 29 heavy (non-hydrogen) atoms. The van der Waals surface area contributed by atoms with E-state index >= 15 is 0 Å². The van der Waals surface area contributed by atoms with Crippen molar-refractivity contribution in [2.45, 2.75) is 6.54 Å². The highest BCUT2D eigenvalue weighted by atomic mass is 32.2. The van der Waals surface area contributed by atoms with Crippen LogP contribution >= 0.6 is 0 Å². The van der Waals surface area contributed by atoms with Gasteiger partial charge in [-0.25, -0.2) is 8.42 Å². The number of carboxylic acid groups (broad SMARTS) is 1. The largest absolute Gasteiger partial charge is 0.480 e. The van der Waals surface area contributed by atoms with Crippen LogP contribution in [-0.4, -0.2) is 97.6 Å². The molecule has 3 rings (SSSR count). The van der Waals surface area contributed by atoms with Crippen molar-refractivity contribution in [3.05, 3.63) is 34.9 Å². The summed E-state index contributed by atoms with van der Waals surface area (Å²) < 4.78 is 31.1. The lowest BCUT2D eigenvalue weighted by molar-refractivity contribution is -0.137. The number of sulfonamides is 1. The Balaban J connectivity index is 1.74. The second-order valence-corrected chi connectivity index (χ2v) is 9.00. The van der Waals surface area contributed by atoms with Crippen molar-refractivity contribution in [1.29, 1.82) is 0 Å². The average Bonchev–Trinajstić information content (AvgIpc) is 2.89. The van der Waals surface area contributed by atoms with Crippen LogP contribution in [0.3, 0.4) is 0 Å². The van der Waals surface area contributed by atoms with Crippen molar-refractivity contribution >= 4 is 27.8 Å². The van der Waals surface area contributed by atoms with E-state index in [-0.39, 0.29) is 24.2 Å². The van der Waals surface area contributed by atoms with Crippen molar-refractivity contribution in [3.8, 4) is 0 Å². The molecule has 1 aromatic rings.